The zero-order chi connectivity index (χ0) is 18.9. The number of aromatic nitrogens is 1. The first-order valence-corrected chi connectivity index (χ1v) is 9.79. The van der Waals surface area contributed by atoms with Crippen molar-refractivity contribution in [2.24, 2.45) is 0 Å². The van der Waals surface area contributed by atoms with E-state index in [4.69, 9.17) is 9.47 Å². The minimum absolute atomic E-state index is 0.0397. The Hall–Kier alpha value is -2.40. The van der Waals surface area contributed by atoms with Crippen molar-refractivity contribution in [1.29, 1.82) is 0 Å². The van der Waals surface area contributed by atoms with E-state index >= 15 is 0 Å². The molecule has 3 rings (SSSR count). The molecule has 27 heavy (non-hydrogen) atoms. The van der Waals surface area contributed by atoms with Crippen LogP contribution in [0.1, 0.15) is 48.5 Å². The largest absolute Gasteiger partial charge is 0.489 e. The molecular weight excluding hydrogens is 340 g/mol. The molecule has 0 radical (unpaired) electrons. The van der Waals surface area contributed by atoms with Crippen molar-refractivity contribution in [2.75, 3.05) is 19.7 Å². The fourth-order valence-electron chi connectivity index (χ4n) is 3.29. The Morgan fingerprint density at radius 3 is 2.96 bits per heavy atom. The molecule has 1 fully saturated rings. The molecule has 0 bridgehead atoms. The molecular formula is C22H28N2O3. The summed E-state index contributed by atoms with van der Waals surface area (Å²) in [6.45, 7) is 4.72. The molecule has 0 saturated carbocycles. The highest BCUT2D eigenvalue weighted by Gasteiger charge is 2.22. The number of ether oxygens (including phenoxy) is 2. The summed E-state index contributed by atoms with van der Waals surface area (Å²) >= 11 is 0. The quantitative estimate of drug-likeness (QED) is 0.704. The highest BCUT2D eigenvalue weighted by Crippen LogP contribution is 2.19. The number of benzene rings is 1. The van der Waals surface area contributed by atoms with Gasteiger partial charge in [-0.1, -0.05) is 19.1 Å². The van der Waals surface area contributed by atoms with E-state index in [-0.39, 0.29) is 12.0 Å². The van der Waals surface area contributed by atoms with Crippen LogP contribution in [0.3, 0.4) is 0 Å². The summed E-state index contributed by atoms with van der Waals surface area (Å²) in [6, 6.07) is 11.3. The highest BCUT2D eigenvalue weighted by atomic mass is 16.5. The molecule has 1 aromatic heterocycles. The van der Waals surface area contributed by atoms with Gasteiger partial charge < -0.3 is 14.4 Å². The summed E-state index contributed by atoms with van der Waals surface area (Å²) in [4.78, 5) is 19.0. The summed E-state index contributed by atoms with van der Waals surface area (Å²) in [5.41, 5.74) is 1.65. The van der Waals surface area contributed by atoms with Crippen molar-refractivity contribution in [3.63, 3.8) is 0 Å². The zero-order valence-corrected chi connectivity index (χ0v) is 16.0. The van der Waals surface area contributed by atoms with Crippen LogP contribution in [0, 0.1) is 0 Å². The second-order valence-electron chi connectivity index (χ2n) is 6.92. The Kier molecular flexibility index (Phi) is 7.22. The third-order valence-corrected chi connectivity index (χ3v) is 4.69. The van der Waals surface area contributed by atoms with Crippen LogP contribution in [-0.4, -0.2) is 41.6 Å². The minimum Gasteiger partial charge on any atom is -0.489 e. The number of rotatable bonds is 8. The lowest BCUT2D eigenvalue weighted by Gasteiger charge is -2.30. The molecule has 2 heterocycles. The van der Waals surface area contributed by atoms with Gasteiger partial charge in [0.25, 0.3) is 5.91 Å². The van der Waals surface area contributed by atoms with E-state index in [1.165, 1.54) is 6.42 Å². The van der Waals surface area contributed by atoms with Crippen LogP contribution in [0.4, 0.5) is 0 Å². The maximum atomic E-state index is 13.0. The third kappa shape index (κ3) is 5.79. The molecule has 5 heteroatoms. The van der Waals surface area contributed by atoms with Gasteiger partial charge in [-0.15, -0.1) is 0 Å². The fourth-order valence-corrected chi connectivity index (χ4v) is 3.29. The molecule has 1 aliphatic heterocycles. The molecule has 5 nitrogen and oxygen atoms in total. The van der Waals surface area contributed by atoms with E-state index in [1.807, 2.05) is 41.3 Å². The Morgan fingerprint density at radius 2 is 2.22 bits per heavy atom. The Morgan fingerprint density at radius 1 is 1.30 bits per heavy atom. The number of hydrogen-bond donors (Lipinski definition) is 0. The van der Waals surface area contributed by atoms with Gasteiger partial charge in [0.2, 0.25) is 0 Å². The monoisotopic (exact) mass is 368 g/mol. The fraction of sp³-hybridized carbons (Fsp3) is 0.455. The van der Waals surface area contributed by atoms with E-state index in [2.05, 4.69) is 11.9 Å². The van der Waals surface area contributed by atoms with Crippen LogP contribution in [0.5, 0.6) is 5.75 Å². The van der Waals surface area contributed by atoms with Gasteiger partial charge in [0.1, 0.15) is 12.4 Å². The van der Waals surface area contributed by atoms with Crippen molar-refractivity contribution < 1.29 is 14.3 Å². The van der Waals surface area contributed by atoms with Crippen LogP contribution in [0.2, 0.25) is 0 Å². The lowest BCUT2D eigenvalue weighted by Crippen LogP contribution is -2.40. The molecule has 1 unspecified atom stereocenters. The first-order valence-electron chi connectivity index (χ1n) is 9.79. The van der Waals surface area contributed by atoms with Crippen molar-refractivity contribution in [1.82, 2.24) is 9.88 Å². The summed E-state index contributed by atoms with van der Waals surface area (Å²) in [5.74, 6) is 0.730. The van der Waals surface area contributed by atoms with Crippen molar-refractivity contribution >= 4 is 5.91 Å². The van der Waals surface area contributed by atoms with E-state index in [9.17, 15) is 4.79 Å². The first kappa shape index (κ1) is 19.4. The van der Waals surface area contributed by atoms with Crippen LogP contribution < -0.4 is 4.74 Å². The number of carbonyl (C=O) groups is 1. The molecule has 0 spiro atoms. The smallest absolute Gasteiger partial charge is 0.254 e. The summed E-state index contributed by atoms with van der Waals surface area (Å²) in [6.07, 6.45) is 7.92. The Bertz CT molecular complexity index is 715. The van der Waals surface area contributed by atoms with Gasteiger partial charge in [-0.3, -0.25) is 9.78 Å². The topological polar surface area (TPSA) is 51.7 Å². The molecule has 1 atom stereocenters. The lowest BCUT2D eigenvalue weighted by atomic mass is 10.1. The van der Waals surface area contributed by atoms with Gasteiger partial charge >= 0.3 is 0 Å². The number of amides is 1. The van der Waals surface area contributed by atoms with E-state index in [0.29, 0.717) is 24.5 Å². The molecule has 144 valence electrons. The SMILES string of the molecule is CCCN(CC1CCCCO1)C(=O)c1cccc(OCc2cccnc2)c1. The third-order valence-electron chi connectivity index (χ3n) is 4.69. The van der Waals surface area contributed by atoms with Crippen molar-refractivity contribution in [2.45, 2.75) is 45.3 Å². The van der Waals surface area contributed by atoms with Crippen LogP contribution in [-0.2, 0) is 11.3 Å². The van der Waals surface area contributed by atoms with E-state index in [1.54, 1.807) is 12.4 Å². The molecule has 2 aromatic rings. The predicted octanol–water partition coefficient (Wildman–Crippen LogP) is 4.08. The highest BCUT2D eigenvalue weighted by molar-refractivity contribution is 5.94. The molecule has 1 aromatic carbocycles. The second kappa shape index (κ2) is 10.1. The average molecular weight is 368 g/mol. The summed E-state index contributed by atoms with van der Waals surface area (Å²) in [5, 5.41) is 0. The second-order valence-corrected chi connectivity index (χ2v) is 6.92. The maximum Gasteiger partial charge on any atom is 0.254 e. The van der Waals surface area contributed by atoms with Crippen molar-refractivity contribution in [3.8, 4) is 5.75 Å². The van der Waals surface area contributed by atoms with Crippen LogP contribution in [0.15, 0.2) is 48.8 Å². The zero-order valence-electron chi connectivity index (χ0n) is 16.0. The standard InChI is InChI=1S/C22H28N2O3/c1-2-12-24(16-21-9-3-4-13-26-21)22(25)19-8-5-10-20(14-19)27-17-18-7-6-11-23-15-18/h5-8,10-11,14-15,21H,2-4,9,12-13,16-17H2,1H3. The average Bonchev–Trinajstić information content (AvgIpc) is 2.73. The summed E-state index contributed by atoms with van der Waals surface area (Å²) in [7, 11) is 0. The van der Waals surface area contributed by atoms with Crippen LogP contribution >= 0.6 is 0 Å². The molecule has 0 N–H and O–H groups in total. The Labute approximate surface area is 161 Å². The molecule has 1 saturated heterocycles. The minimum atomic E-state index is 0.0397. The van der Waals surface area contributed by atoms with Gasteiger partial charge in [-0.05, 0) is 49.9 Å². The predicted molar refractivity (Wildman–Crippen MR) is 105 cm³/mol. The van der Waals surface area contributed by atoms with Gasteiger partial charge in [0, 0.05) is 43.2 Å². The first-order chi connectivity index (χ1) is 13.3. The van der Waals surface area contributed by atoms with Gasteiger partial charge in [-0.2, -0.15) is 0 Å². The van der Waals surface area contributed by atoms with Gasteiger partial charge in [0.15, 0.2) is 0 Å². The van der Waals surface area contributed by atoms with E-state index in [0.717, 1.165) is 38.0 Å². The van der Waals surface area contributed by atoms with Crippen molar-refractivity contribution in [3.05, 3.63) is 59.9 Å². The number of nitrogens with zero attached hydrogens (tertiary/aromatic N) is 2. The Balaban J connectivity index is 1.64. The lowest BCUT2D eigenvalue weighted by molar-refractivity contribution is -0.00384. The normalized spacial score (nSPS) is 16.7. The summed E-state index contributed by atoms with van der Waals surface area (Å²) < 4.78 is 11.7. The van der Waals surface area contributed by atoms with Crippen LogP contribution in [0.25, 0.3) is 0 Å². The number of carbonyl (C=O) groups excluding carboxylic acids is 1. The molecule has 1 amide bonds. The number of pyridine rings is 1. The number of hydrogen-bond acceptors (Lipinski definition) is 4. The van der Waals surface area contributed by atoms with Gasteiger partial charge in [-0.25, -0.2) is 0 Å². The van der Waals surface area contributed by atoms with E-state index < -0.39 is 0 Å². The molecule has 1 aliphatic rings. The molecule has 0 aliphatic carbocycles. The van der Waals surface area contributed by atoms with Gasteiger partial charge in [0.05, 0.1) is 6.10 Å². The maximum absolute atomic E-state index is 13.0.